The lowest BCUT2D eigenvalue weighted by atomic mass is 10.1. The van der Waals surface area contributed by atoms with Crippen LogP contribution in [0.5, 0.6) is 0 Å². The first-order chi connectivity index (χ1) is 5.75. The van der Waals surface area contributed by atoms with Crippen molar-refractivity contribution in [3.05, 3.63) is 12.2 Å². The topological polar surface area (TPSA) is 3.24 Å². The Morgan fingerprint density at radius 1 is 1.17 bits per heavy atom. The lowest BCUT2D eigenvalue weighted by Crippen LogP contribution is -2.41. The minimum atomic E-state index is 0.623. The maximum absolute atomic E-state index is 2.68. The van der Waals surface area contributed by atoms with Gasteiger partial charge in [-0.3, -0.25) is 4.90 Å². The van der Waals surface area contributed by atoms with Crippen molar-refractivity contribution in [1.29, 1.82) is 0 Å². The van der Waals surface area contributed by atoms with Gasteiger partial charge in [-0.2, -0.15) is 0 Å². The van der Waals surface area contributed by atoms with Crippen molar-refractivity contribution in [3.63, 3.8) is 0 Å². The Morgan fingerprint density at radius 3 is 2.50 bits per heavy atom. The molecule has 0 aromatic rings. The van der Waals surface area contributed by atoms with Gasteiger partial charge in [0.05, 0.1) is 0 Å². The summed E-state index contributed by atoms with van der Waals surface area (Å²) in [6, 6.07) is 0.718. The Morgan fingerprint density at radius 2 is 1.92 bits per heavy atom. The highest BCUT2D eigenvalue weighted by atomic mass is 15.2. The highest BCUT2D eigenvalue weighted by molar-refractivity contribution is 5.09. The molecular formula is C11H19N. The van der Waals surface area contributed by atoms with Crippen LogP contribution in [-0.2, 0) is 0 Å². The van der Waals surface area contributed by atoms with Gasteiger partial charge in [0, 0.05) is 18.1 Å². The van der Waals surface area contributed by atoms with E-state index in [4.69, 9.17) is 0 Å². The van der Waals surface area contributed by atoms with Crippen molar-refractivity contribution >= 4 is 0 Å². The van der Waals surface area contributed by atoms with Crippen molar-refractivity contribution in [3.8, 4) is 0 Å². The smallest absolute Gasteiger partial charge is 0.0219 e. The third-order valence-electron chi connectivity index (χ3n) is 3.30. The van der Waals surface area contributed by atoms with Crippen molar-refractivity contribution in [2.24, 2.45) is 0 Å². The predicted molar refractivity (Wildman–Crippen MR) is 52.2 cm³/mol. The Balaban J connectivity index is 2.10. The molecule has 1 heteroatoms. The molecular weight excluding hydrogens is 146 g/mol. The second-order valence-corrected chi connectivity index (χ2v) is 4.48. The molecule has 1 heterocycles. The fourth-order valence-corrected chi connectivity index (χ4v) is 2.44. The summed E-state index contributed by atoms with van der Waals surface area (Å²) in [4.78, 5) is 2.68. The van der Waals surface area contributed by atoms with Gasteiger partial charge in [0.1, 0.15) is 0 Å². The number of nitrogens with zero attached hydrogens (tertiary/aromatic N) is 1. The summed E-state index contributed by atoms with van der Waals surface area (Å²) < 4.78 is 0. The maximum atomic E-state index is 2.68. The van der Waals surface area contributed by atoms with Crippen LogP contribution in [-0.4, -0.2) is 23.0 Å². The van der Waals surface area contributed by atoms with E-state index in [0.29, 0.717) is 5.54 Å². The van der Waals surface area contributed by atoms with Crippen molar-refractivity contribution < 1.29 is 0 Å². The minimum absolute atomic E-state index is 0.623. The average Bonchev–Trinajstić information content (AvgIpc) is 2.80. The molecule has 0 saturated heterocycles. The SMILES string of the molecule is CC(C)N1CC=CCCC12CC2. The standard InChI is InChI=1S/C11H19N/c1-10(2)12-9-5-3-4-6-11(12)7-8-11/h3,5,10H,4,6-9H2,1-2H3. The van der Waals surface area contributed by atoms with Crippen LogP contribution < -0.4 is 0 Å². The molecule has 2 rings (SSSR count). The Kier molecular flexibility index (Phi) is 1.99. The van der Waals surface area contributed by atoms with Crippen LogP contribution in [0.2, 0.25) is 0 Å². The summed E-state index contributed by atoms with van der Waals surface area (Å²) in [7, 11) is 0. The van der Waals surface area contributed by atoms with Gasteiger partial charge in [0.15, 0.2) is 0 Å². The van der Waals surface area contributed by atoms with Crippen LogP contribution in [0.4, 0.5) is 0 Å². The van der Waals surface area contributed by atoms with Gasteiger partial charge in [0.25, 0.3) is 0 Å². The molecule has 0 aromatic heterocycles. The van der Waals surface area contributed by atoms with Gasteiger partial charge in [-0.15, -0.1) is 0 Å². The fraction of sp³-hybridized carbons (Fsp3) is 0.818. The Hall–Kier alpha value is -0.300. The number of allylic oxidation sites excluding steroid dienone is 1. The molecule has 0 bridgehead atoms. The van der Waals surface area contributed by atoms with Crippen LogP contribution in [0.25, 0.3) is 0 Å². The summed E-state index contributed by atoms with van der Waals surface area (Å²) in [5.74, 6) is 0. The molecule has 1 fully saturated rings. The second-order valence-electron chi connectivity index (χ2n) is 4.48. The normalized spacial score (nSPS) is 27.9. The van der Waals surface area contributed by atoms with E-state index in [1.807, 2.05) is 0 Å². The molecule has 1 aliphatic carbocycles. The Bertz CT molecular complexity index is 189. The summed E-state index contributed by atoms with van der Waals surface area (Å²) in [6.45, 7) is 5.82. The molecule has 68 valence electrons. The third kappa shape index (κ3) is 1.31. The number of hydrogen-bond donors (Lipinski definition) is 0. The maximum Gasteiger partial charge on any atom is 0.0219 e. The van der Waals surface area contributed by atoms with E-state index >= 15 is 0 Å². The lowest BCUT2D eigenvalue weighted by molar-refractivity contribution is 0.149. The van der Waals surface area contributed by atoms with Gasteiger partial charge < -0.3 is 0 Å². The van der Waals surface area contributed by atoms with Crippen molar-refractivity contribution in [2.45, 2.75) is 51.1 Å². The highest BCUT2D eigenvalue weighted by Gasteiger charge is 2.47. The predicted octanol–water partition coefficient (Wildman–Crippen LogP) is 2.58. The van der Waals surface area contributed by atoms with Crippen molar-refractivity contribution in [1.82, 2.24) is 4.90 Å². The zero-order valence-electron chi connectivity index (χ0n) is 8.21. The van der Waals surface area contributed by atoms with Crippen molar-refractivity contribution in [2.75, 3.05) is 6.54 Å². The van der Waals surface area contributed by atoms with E-state index in [1.165, 1.54) is 32.2 Å². The zero-order valence-corrected chi connectivity index (χ0v) is 8.21. The molecule has 0 amide bonds. The molecule has 0 radical (unpaired) electrons. The first kappa shape index (κ1) is 8.31. The molecule has 0 N–H and O–H groups in total. The van der Waals surface area contributed by atoms with Crippen LogP contribution in [0, 0.1) is 0 Å². The molecule has 1 aliphatic heterocycles. The summed E-state index contributed by atoms with van der Waals surface area (Å²) >= 11 is 0. The molecule has 1 spiro atoms. The van der Waals surface area contributed by atoms with E-state index in [2.05, 4.69) is 30.9 Å². The first-order valence-electron chi connectivity index (χ1n) is 5.16. The van der Waals surface area contributed by atoms with Gasteiger partial charge >= 0.3 is 0 Å². The number of hydrogen-bond acceptors (Lipinski definition) is 1. The summed E-state index contributed by atoms with van der Waals surface area (Å²) in [5, 5.41) is 0. The third-order valence-corrected chi connectivity index (χ3v) is 3.30. The second kappa shape index (κ2) is 2.88. The summed E-state index contributed by atoms with van der Waals surface area (Å²) in [5.41, 5.74) is 0.623. The molecule has 1 nitrogen and oxygen atoms in total. The van der Waals surface area contributed by atoms with Gasteiger partial charge in [-0.1, -0.05) is 12.2 Å². The van der Waals surface area contributed by atoms with E-state index in [-0.39, 0.29) is 0 Å². The van der Waals surface area contributed by atoms with E-state index < -0.39 is 0 Å². The van der Waals surface area contributed by atoms with Crippen LogP contribution >= 0.6 is 0 Å². The molecule has 0 unspecified atom stereocenters. The van der Waals surface area contributed by atoms with Gasteiger partial charge in [0.2, 0.25) is 0 Å². The van der Waals surface area contributed by atoms with E-state index in [1.54, 1.807) is 0 Å². The molecule has 0 aromatic carbocycles. The highest BCUT2D eigenvalue weighted by Crippen LogP contribution is 2.47. The van der Waals surface area contributed by atoms with Gasteiger partial charge in [-0.25, -0.2) is 0 Å². The van der Waals surface area contributed by atoms with Crippen LogP contribution in [0.1, 0.15) is 39.5 Å². The summed E-state index contributed by atoms with van der Waals surface area (Å²) in [6.07, 6.45) is 10.3. The zero-order chi connectivity index (χ0) is 8.60. The molecule has 1 saturated carbocycles. The lowest BCUT2D eigenvalue weighted by Gasteiger charge is -2.33. The minimum Gasteiger partial charge on any atom is -0.292 e. The first-order valence-corrected chi connectivity index (χ1v) is 5.16. The largest absolute Gasteiger partial charge is 0.292 e. The monoisotopic (exact) mass is 165 g/mol. The quantitative estimate of drug-likeness (QED) is 0.540. The molecule has 2 aliphatic rings. The molecule has 12 heavy (non-hydrogen) atoms. The van der Waals surface area contributed by atoms with Crippen LogP contribution in [0.3, 0.4) is 0 Å². The fourth-order valence-electron chi connectivity index (χ4n) is 2.44. The number of rotatable bonds is 1. The van der Waals surface area contributed by atoms with E-state index in [0.717, 1.165) is 6.04 Å². The molecule has 0 atom stereocenters. The Labute approximate surface area is 75.4 Å². The van der Waals surface area contributed by atoms with Gasteiger partial charge in [-0.05, 0) is 39.5 Å². The van der Waals surface area contributed by atoms with E-state index in [9.17, 15) is 0 Å². The average molecular weight is 165 g/mol. The van der Waals surface area contributed by atoms with Crippen LogP contribution in [0.15, 0.2) is 12.2 Å².